The number of hydrogen-bond donors (Lipinski definition) is 1. The number of nitrogens with zero attached hydrogens (tertiary/aromatic N) is 1. The predicted molar refractivity (Wildman–Crippen MR) is 81.5 cm³/mol. The fourth-order valence-electron chi connectivity index (χ4n) is 2.94. The summed E-state index contributed by atoms with van der Waals surface area (Å²) in [7, 11) is 1.64. The van der Waals surface area contributed by atoms with Crippen LogP contribution < -0.4 is 10.1 Å². The quantitative estimate of drug-likeness (QED) is 0.930. The highest BCUT2D eigenvalue weighted by Gasteiger charge is 2.37. The maximum atomic E-state index is 12.6. The topological polar surface area (TPSA) is 58.6 Å². The van der Waals surface area contributed by atoms with Crippen molar-refractivity contribution in [3.8, 4) is 5.75 Å². The van der Waals surface area contributed by atoms with E-state index in [1.165, 1.54) is 11.8 Å². The van der Waals surface area contributed by atoms with Crippen molar-refractivity contribution in [3.63, 3.8) is 0 Å². The molecule has 2 atom stereocenters. The van der Waals surface area contributed by atoms with Gasteiger partial charge in [0, 0.05) is 12.3 Å². The van der Waals surface area contributed by atoms with Crippen LogP contribution in [0.4, 0.5) is 4.79 Å². The van der Waals surface area contributed by atoms with Gasteiger partial charge < -0.3 is 15.0 Å². The van der Waals surface area contributed by atoms with E-state index in [0.29, 0.717) is 5.75 Å². The number of rotatable bonds is 3. The van der Waals surface area contributed by atoms with E-state index in [1.54, 1.807) is 7.11 Å². The maximum absolute atomic E-state index is 12.6. The lowest BCUT2D eigenvalue weighted by Crippen LogP contribution is -2.45. The Balaban J connectivity index is 1.78. The van der Waals surface area contributed by atoms with Crippen molar-refractivity contribution in [2.45, 2.75) is 24.9 Å². The summed E-state index contributed by atoms with van der Waals surface area (Å²) in [5, 5.41) is 2.63. The Morgan fingerprint density at radius 1 is 1.48 bits per heavy atom. The van der Waals surface area contributed by atoms with Gasteiger partial charge in [-0.05, 0) is 30.5 Å². The molecule has 2 amide bonds. The van der Waals surface area contributed by atoms with Crippen molar-refractivity contribution >= 4 is 22.9 Å². The van der Waals surface area contributed by atoms with Crippen LogP contribution in [0.5, 0.6) is 5.75 Å². The van der Waals surface area contributed by atoms with E-state index < -0.39 is 0 Å². The van der Waals surface area contributed by atoms with Crippen molar-refractivity contribution in [1.82, 2.24) is 10.2 Å². The molecule has 112 valence electrons. The molecule has 1 N–H and O–H groups in total. The van der Waals surface area contributed by atoms with Gasteiger partial charge >= 0.3 is 0 Å². The molecule has 2 heterocycles. The van der Waals surface area contributed by atoms with Gasteiger partial charge in [0.25, 0.3) is 5.24 Å². The molecule has 0 aliphatic carbocycles. The van der Waals surface area contributed by atoms with E-state index in [-0.39, 0.29) is 23.2 Å². The summed E-state index contributed by atoms with van der Waals surface area (Å²) in [6, 6.07) is 7.56. The molecule has 0 unspecified atom stereocenters. The first-order valence-electron chi connectivity index (χ1n) is 7.07. The second kappa shape index (κ2) is 5.97. The number of ether oxygens (including phenoxy) is 1. The number of methoxy groups -OCH3 is 1. The Bertz CT molecular complexity index is 564. The lowest BCUT2D eigenvalue weighted by Gasteiger charge is -2.27. The average Bonchev–Trinajstić information content (AvgIpc) is 3.15. The smallest absolute Gasteiger partial charge is 0.279 e. The molecule has 2 fully saturated rings. The fraction of sp³-hybridized carbons (Fsp3) is 0.467. The van der Waals surface area contributed by atoms with Crippen LogP contribution >= 0.6 is 11.8 Å². The zero-order valence-electron chi connectivity index (χ0n) is 11.9. The van der Waals surface area contributed by atoms with Crippen molar-refractivity contribution < 1.29 is 14.3 Å². The van der Waals surface area contributed by atoms with Crippen LogP contribution in [0.1, 0.15) is 24.4 Å². The van der Waals surface area contributed by atoms with E-state index in [2.05, 4.69) is 5.32 Å². The van der Waals surface area contributed by atoms with E-state index >= 15 is 0 Å². The summed E-state index contributed by atoms with van der Waals surface area (Å²) in [5.41, 5.74) is 1.09. The number of carbonyl (C=O) groups is 2. The highest BCUT2D eigenvalue weighted by Crippen LogP contribution is 2.34. The minimum atomic E-state index is -0.381. The summed E-state index contributed by atoms with van der Waals surface area (Å²) in [4.78, 5) is 25.8. The van der Waals surface area contributed by atoms with Gasteiger partial charge in [0.2, 0.25) is 5.91 Å². The van der Waals surface area contributed by atoms with Gasteiger partial charge in [0.05, 0.1) is 13.2 Å². The van der Waals surface area contributed by atoms with E-state index in [1.807, 2.05) is 29.2 Å². The third-order valence-electron chi connectivity index (χ3n) is 3.99. The molecule has 21 heavy (non-hydrogen) atoms. The standard InChI is InChI=1S/C15H18N2O3S/c1-20-11-5-2-4-10(8-11)13-6-3-7-17(13)14(18)12-9-21-15(19)16-12/h2,4-5,8,12-13H,3,6-7,9H2,1H3,(H,16,19)/t12-,13+/m0/s1. The first-order valence-corrected chi connectivity index (χ1v) is 8.05. The highest BCUT2D eigenvalue weighted by molar-refractivity contribution is 8.14. The summed E-state index contributed by atoms with van der Waals surface area (Å²) >= 11 is 1.18. The largest absolute Gasteiger partial charge is 0.497 e. The number of benzene rings is 1. The lowest BCUT2D eigenvalue weighted by molar-refractivity contribution is -0.133. The van der Waals surface area contributed by atoms with Crippen LogP contribution in [0.15, 0.2) is 24.3 Å². The lowest BCUT2D eigenvalue weighted by atomic mass is 10.0. The normalized spacial score (nSPS) is 25.0. The van der Waals surface area contributed by atoms with Crippen molar-refractivity contribution in [2.75, 3.05) is 19.4 Å². The Kier molecular flexibility index (Phi) is 4.05. The van der Waals surface area contributed by atoms with Crippen molar-refractivity contribution in [1.29, 1.82) is 0 Å². The molecular weight excluding hydrogens is 288 g/mol. The van der Waals surface area contributed by atoms with Gasteiger partial charge in [-0.1, -0.05) is 23.9 Å². The molecule has 5 nitrogen and oxygen atoms in total. The summed E-state index contributed by atoms with van der Waals surface area (Å²) in [5.74, 6) is 1.36. The Labute approximate surface area is 128 Å². The predicted octanol–water partition coefficient (Wildman–Crippen LogP) is 2.18. The van der Waals surface area contributed by atoms with Crippen molar-refractivity contribution in [2.24, 2.45) is 0 Å². The Morgan fingerprint density at radius 3 is 3.05 bits per heavy atom. The zero-order chi connectivity index (χ0) is 14.8. The van der Waals surface area contributed by atoms with Crippen molar-refractivity contribution in [3.05, 3.63) is 29.8 Å². The summed E-state index contributed by atoms with van der Waals surface area (Å²) in [6.07, 6.45) is 1.94. The summed E-state index contributed by atoms with van der Waals surface area (Å²) in [6.45, 7) is 0.748. The monoisotopic (exact) mass is 306 g/mol. The number of hydrogen-bond acceptors (Lipinski definition) is 4. The van der Waals surface area contributed by atoms with Gasteiger partial charge in [0.1, 0.15) is 11.8 Å². The first kappa shape index (κ1) is 14.3. The SMILES string of the molecule is COc1cccc([C@H]2CCCN2C(=O)[C@@H]2CSC(=O)N2)c1. The number of nitrogens with one attached hydrogen (secondary N) is 1. The molecule has 2 aliphatic heterocycles. The van der Waals surface area contributed by atoms with E-state index in [0.717, 1.165) is 30.7 Å². The van der Waals surface area contributed by atoms with E-state index in [4.69, 9.17) is 4.74 Å². The van der Waals surface area contributed by atoms with Crippen LogP contribution in [-0.2, 0) is 4.79 Å². The van der Waals surface area contributed by atoms with Gasteiger partial charge in [-0.15, -0.1) is 0 Å². The molecule has 1 aromatic carbocycles. The molecule has 1 aromatic rings. The molecule has 3 rings (SSSR count). The third kappa shape index (κ3) is 2.85. The Morgan fingerprint density at radius 2 is 2.33 bits per heavy atom. The molecule has 2 saturated heterocycles. The van der Waals surface area contributed by atoms with Crippen LogP contribution in [-0.4, -0.2) is 41.5 Å². The summed E-state index contributed by atoms with van der Waals surface area (Å²) < 4.78 is 5.26. The molecular formula is C15H18N2O3S. The van der Waals surface area contributed by atoms with Crippen LogP contribution in [0.25, 0.3) is 0 Å². The molecule has 6 heteroatoms. The number of amides is 2. The average molecular weight is 306 g/mol. The number of carbonyl (C=O) groups excluding carboxylic acids is 2. The molecule has 0 saturated carbocycles. The van der Waals surface area contributed by atoms with Crippen LogP contribution in [0.2, 0.25) is 0 Å². The highest BCUT2D eigenvalue weighted by atomic mass is 32.2. The third-order valence-corrected chi connectivity index (χ3v) is 4.87. The maximum Gasteiger partial charge on any atom is 0.279 e. The number of thioether (sulfide) groups is 1. The molecule has 0 spiro atoms. The van der Waals surface area contributed by atoms with Gasteiger partial charge in [-0.25, -0.2) is 0 Å². The van der Waals surface area contributed by atoms with Gasteiger partial charge in [0.15, 0.2) is 0 Å². The fourth-order valence-corrected chi connectivity index (χ4v) is 3.71. The minimum absolute atomic E-state index is 0.0265. The second-order valence-electron chi connectivity index (χ2n) is 5.26. The minimum Gasteiger partial charge on any atom is -0.497 e. The van der Waals surface area contributed by atoms with Gasteiger partial charge in [-0.3, -0.25) is 9.59 Å². The second-order valence-corrected chi connectivity index (χ2v) is 6.25. The first-order chi connectivity index (χ1) is 10.2. The zero-order valence-corrected chi connectivity index (χ0v) is 12.7. The molecule has 0 bridgehead atoms. The van der Waals surface area contributed by atoms with E-state index in [9.17, 15) is 9.59 Å². The van der Waals surface area contributed by atoms with Crippen LogP contribution in [0.3, 0.4) is 0 Å². The Hall–Kier alpha value is -1.69. The molecule has 0 radical (unpaired) electrons. The molecule has 0 aromatic heterocycles. The molecule has 2 aliphatic rings. The van der Waals surface area contributed by atoms with Gasteiger partial charge in [-0.2, -0.15) is 0 Å². The number of likely N-dealkylation sites (tertiary alicyclic amines) is 1. The van der Waals surface area contributed by atoms with Crippen LogP contribution in [0, 0.1) is 0 Å².